The minimum Gasteiger partial charge on any atom is -0.508 e. The molecular weight excluding hydrogens is 170 g/mol. The second-order valence-electron chi connectivity index (χ2n) is 2.31. The predicted octanol–water partition coefficient (Wildman–Crippen LogP) is 2.04. The van der Waals surface area contributed by atoms with E-state index >= 15 is 0 Å². The SMILES string of the molecule is CCCN.Oc1ccc(S)cc1. The van der Waals surface area contributed by atoms with Crippen molar-refractivity contribution in [1.29, 1.82) is 0 Å². The maximum absolute atomic E-state index is 8.72. The zero-order valence-electron chi connectivity index (χ0n) is 7.20. The fourth-order valence-electron chi connectivity index (χ4n) is 0.453. The molecule has 0 saturated heterocycles. The lowest BCUT2D eigenvalue weighted by Gasteiger charge is -1.88. The number of hydrogen-bond acceptors (Lipinski definition) is 3. The highest BCUT2D eigenvalue weighted by molar-refractivity contribution is 7.80. The van der Waals surface area contributed by atoms with Gasteiger partial charge < -0.3 is 10.8 Å². The Hall–Kier alpha value is -0.670. The van der Waals surface area contributed by atoms with E-state index in [1.165, 1.54) is 0 Å². The number of phenolic OH excluding ortho intramolecular Hbond substituents is 1. The highest BCUT2D eigenvalue weighted by Gasteiger charge is 1.82. The lowest BCUT2D eigenvalue weighted by molar-refractivity contribution is 0.475. The Morgan fingerprint density at radius 1 is 1.33 bits per heavy atom. The van der Waals surface area contributed by atoms with Crippen molar-refractivity contribution in [3.63, 3.8) is 0 Å². The number of nitrogens with two attached hydrogens (primary N) is 1. The first-order valence-electron chi connectivity index (χ1n) is 3.88. The Morgan fingerprint density at radius 3 is 2.00 bits per heavy atom. The van der Waals surface area contributed by atoms with Gasteiger partial charge in [0.05, 0.1) is 0 Å². The molecule has 68 valence electrons. The third-order valence-electron chi connectivity index (χ3n) is 1.14. The highest BCUT2D eigenvalue weighted by Crippen LogP contribution is 2.11. The highest BCUT2D eigenvalue weighted by atomic mass is 32.1. The summed E-state index contributed by atoms with van der Waals surface area (Å²) in [6.07, 6.45) is 1.10. The Balaban J connectivity index is 0.000000261. The van der Waals surface area contributed by atoms with Gasteiger partial charge in [-0.3, -0.25) is 0 Å². The summed E-state index contributed by atoms with van der Waals surface area (Å²) in [7, 11) is 0. The summed E-state index contributed by atoms with van der Waals surface area (Å²) in [6, 6.07) is 6.67. The van der Waals surface area contributed by atoms with Crippen LogP contribution in [0, 0.1) is 0 Å². The van der Waals surface area contributed by atoms with Crippen molar-refractivity contribution in [2.75, 3.05) is 6.54 Å². The zero-order valence-corrected chi connectivity index (χ0v) is 8.09. The van der Waals surface area contributed by atoms with E-state index < -0.39 is 0 Å². The minimum atomic E-state index is 0.280. The first-order valence-corrected chi connectivity index (χ1v) is 4.33. The van der Waals surface area contributed by atoms with Crippen LogP contribution in [0.2, 0.25) is 0 Å². The van der Waals surface area contributed by atoms with E-state index in [0.29, 0.717) is 0 Å². The summed E-state index contributed by atoms with van der Waals surface area (Å²) >= 11 is 4.02. The number of rotatable bonds is 1. The first kappa shape index (κ1) is 11.3. The van der Waals surface area contributed by atoms with Crippen LogP contribution < -0.4 is 5.73 Å². The van der Waals surface area contributed by atoms with Gasteiger partial charge in [0, 0.05) is 4.90 Å². The second kappa shape index (κ2) is 7.00. The third kappa shape index (κ3) is 6.07. The quantitative estimate of drug-likeness (QED) is 0.586. The fourth-order valence-corrected chi connectivity index (χ4v) is 0.602. The summed E-state index contributed by atoms with van der Waals surface area (Å²) in [5, 5.41) is 8.72. The molecule has 0 heterocycles. The Bertz CT molecular complexity index is 175. The molecule has 1 aromatic carbocycles. The van der Waals surface area contributed by atoms with Crippen molar-refractivity contribution in [3.8, 4) is 5.75 Å². The summed E-state index contributed by atoms with van der Waals surface area (Å²) in [5.41, 5.74) is 5.03. The molecule has 0 aliphatic heterocycles. The van der Waals surface area contributed by atoms with E-state index in [0.717, 1.165) is 17.9 Å². The van der Waals surface area contributed by atoms with Crippen LogP contribution in [0.1, 0.15) is 13.3 Å². The van der Waals surface area contributed by atoms with E-state index in [1.807, 2.05) is 0 Å². The van der Waals surface area contributed by atoms with Gasteiger partial charge in [-0.2, -0.15) is 0 Å². The second-order valence-corrected chi connectivity index (χ2v) is 2.82. The summed E-state index contributed by atoms with van der Waals surface area (Å²) in [4.78, 5) is 0.864. The van der Waals surface area contributed by atoms with Gasteiger partial charge in [0.15, 0.2) is 0 Å². The molecule has 0 atom stereocenters. The van der Waals surface area contributed by atoms with Gasteiger partial charge >= 0.3 is 0 Å². The average molecular weight is 185 g/mol. The standard InChI is InChI=1S/C6H6OS.C3H9N/c7-5-1-3-6(8)4-2-5;1-2-3-4/h1-4,7-8H;2-4H2,1H3. The van der Waals surface area contributed by atoms with Crippen LogP contribution in [0.15, 0.2) is 29.2 Å². The molecule has 0 aliphatic carbocycles. The van der Waals surface area contributed by atoms with Crippen LogP contribution in [-0.4, -0.2) is 11.7 Å². The number of benzene rings is 1. The molecule has 0 bridgehead atoms. The Kier molecular flexibility index (Phi) is 6.61. The van der Waals surface area contributed by atoms with Crippen molar-refractivity contribution >= 4 is 12.6 Å². The topological polar surface area (TPSA) is 46.2 Å². The van der Waals surface area contributed by atoms with Crippen LogP contribution in [0.4, 0.5) is 0 Å². The normalized spacial score (nSPS) is 8.58. The van der Waals surface area contributed by atoms with Crippen molar-refractivity contribution in [1.82, 2.24) is 0 Å². The molecule has 1 aromatic rings. The predicted molar refractivity (Wildman–Crippen MR) is 54.7 cm³/mol. The monoisotopic (exact) mass is 185 g/mol. The minimum absolute atomic E-state index is 0.280. The number of thiol groups is 1. The van der Waals surface area contributed by atoms with E-state index in [4.69, 9.17) is 10.8 Å². The molecule has 3 heteroatoms. The van der Waals surface area contributed by atoms with Crippen molar-refractivity contribution in [2.45, 2.75) is 18.2 Å². The average Bonchev–Trinajstić information content (AvgIpc) is 2.11. The smallest absolute Gasteiger partial charge is 0.115 e. The molecule has 1 rings (SSSR count). The van der Waals surface area contributed by atoms with Crippen molar-refractivity contribution < 1.29 is 5.11 Å². The van der Waals surface area contributed by atoms with Gasteiger partial charge in [0.1, 0.15) is 5.75 Å². The molecule has 0 aliphatic rings. The molecule has 0 unspecified atom stereocenters. The molecule has 12 heavy (non-hydrogen) atoms. The summed E-state index contributed by atoms with van der Waals surface area (Å²) in [5.74, 6) is 0.280. The number of phenols is 1. The molecule has 0 radical (unpaired) electrons. The van der Waals surface area contributed by atoms with Crippen LogP contribution >= 0.6 is 12.6 Å². The summed E-state index contributed by atoms with van der Waals surface area (Å²) < 4.78 is 0. The zero-order chi connectivity index (χ0) is 9.40. The Labute approximate surface area is 78.8 Å². The molecule has 0 fully saturated rings. The molecule has 0 aromatic heterocycles. The maximum atomic E-state index is 8.72. The van der Waals surface area contributed by atoms with E-state index in [1.54, 1.807) is 24.3 Å². The largest absolute Gasteiger partial charge is 0.508 e. The molecule has 0 saturated carbocycles. The molecule has 0 spiro atoms. The van der Waals surface area contributed by atoms with Crippen LogP contribution in [0.25, 0.3) is 0 Å². The van der Waals surface area contributed by atoms with Crippen LogP contribution in [0.5, 0.6) is 5.75 Å². The van der Waals surface area contributed by atoms with Gasteiger partial charge in [-0.15, -0.1) is 12.6 Å². The molecule has 0 amide bonds. The Morgan fingerprint density at radius 2 is 1.75 bits per heavy atom. The van der Waals surface area contributed by atoms with E-state index in [2.05, 4.69) is 19.6 Å². The van der Waals surface area contributed by atoms with Gasteiger partial charge in [-0.25, -0.2) is 0 Å². The number of hydrogen-bond donors (Lipinski definition) is 3. The lowest BCUT2D eigenvalue weighted by atomic mass is 10.3. The first-order chi connectivity index (χ1) is 5.70. The molecular formula is C9H15NOS. The summed E-state index contributed by atoms with van der Waals surface area (Å²) in [6.45, 7) is 2.88. The van der Waals surface area contributed by atoms with Gasteiger partial charge in [-0.1, -0.05) is 6.92 Å². The van der Waals surface area contributed by atoms with Crippen molar-refractivity contribution in [2.24, 2.45) is 5.73 Å². The molecule has 2 nitrogen and oxygen atoms in total. The van der Waals surface area contributed by atoms with Gasteiger partial charge in [0.25, 0.3) is 0 Å². The fraction of sp³-hybridized carbons (Fsp3) is 0.333. The van der Waals surface area contributed by atoms with Gasteiger partial charge in [-0.05, 0) is 37.2 Å². The van der Waals surface area contributed by atoms with Crippen LogP contribution in [-0.2, 0) is 0 Å². The van der Waals surface area contributed by atoms with E-state index in [-0.39, 0.29) is 5.75 Å². The maximum Gasteiger partial charge on any atom is 0.115 e. The number of aromatic hydroxyl groups is 1. The molecule has 3 N–H and O–H groups in total. The van der Waals surface area contributed by atoms with E-state index in [9.17, 15) is 0 Å². The van der Waals surface area contributed by atoms with Crippen LogP contribution in [0.3, 0.4) is 0 Å². The van der Waals surface area contributed by atoms with Crippen molar-refractivity contribution in [3.05, 3.63) is 24.3 Å². The van der Waals surface area contributed by atoms with Gasteiger partial charge in [0.2, 0.25) is 0 Å². The lowest BCUT2D eigenvalue weighted by Crippen LogP contribution is -1.93. The third-order valence-corrected chi connectivity index (χ3v) is 1.44.